The van der Waals surface area contributed by atoms with Gasteiger partial charge in [-0.15, -0.1) is 5.10 Å². The van der Waals surface area contributed by atoms with E-state index < -0.39 is 0 Å². The fourth-order valence-electron chi connectivity index (χ4n) is 0.991. The lowest BCUT2D eigenvalue weighted by Gasteiger charge is -1.93. The first-order valence-corrected chi connectivity index (χ1v) is 4.23. The van der Waals surface area contributed by atoms with Gasteiger partial charge in [0.2, 0.25) is 5.89 Å². The topological polar surface area (TPSA) is 77.0 Å². The van der Waals surface area contributed by atoms with Crippen LogP contribution in [0.3, 0.4) is 0 Å². The van der Waals surface area contributed by atoms with E-state index >= 15 is 0 Å². The van der Waals surface area contributed by atoms with E-state index in [4.69, 9.17) is 21.9 Å². The molecule has 0 spiro atoms. The van der Waals surface area contributed by atoms with Crippen LogP contribution in [-0.4, -0.2) is 10.2 Å². The number of benzene rings is 1. The SMILES string of the molecule is NNc1nnc(-c2ccc(Cl)cc2)o1. The maximum absolute atomic E-state index is 5.73. The molecule has 6 heteroatoms. The van der Waals surface area contributed by atoms with Gasteiger partial charge in [0.15, 0.2) is 0 Å². The molecule has 1 aromatic carbocycles. The number of nitrogens with zero attached hydrogens (tertiary/aromatic N) is 2. The quantitative estimate of drug-likeness (QED) is 0.583. The second-order valence-electron chi connectivity index (χ2n) is 2.56. The second kappa shape index (κ2) is 3.65. The first-order chi connectivity index (χ1) is 6.79. The lowest BCUT2D eigenvalue weighted by molar-refractivity contribution is 0.582. The van der Waals surface area contributed by atoms with Crippen molar-refractivity contribution in [2.24, 2.45) is 5.84 Å². The Morgan fingerprint density at radius 3 is 2.50 bits per heavy atom. The highest BCUT2D eigenvalue weighted by molar-refractivity contribution is 6.30. The zero-order valence-electron chi connectivity index (χ0n) is 7.07. The number of nitrogen functional groups attached to an aromatic ring is 1. The van der Waals surface area contributed by atoms with Crippen molar-refractivity contribution < 1.29 is 4.42 Å². The minimum Gasteiger partial charge on any atom is -0.402 e. The molecule has 0 bridgehead atoms. The summed E-state index contributed by atoms with van der Waals surface area (Å²) in [4.78, 5) is 0. The van der Waals surface area contributed by atoms with E-state index in [-0.39, 0.29) is 6.01 Å². The number of hydrogen-bond donors (Lipinski definition) is 2. The molecular formula is C8H7ClN4O. The molecule has 0 unspecified atom stereocenters. The largest absolute Gasteiger partial charge is 0.402 e. The monoisotopic (exact) mass is 210 g/mol. The van der Waals surface area contributed by atoms with Gasteiger partial charge < -0.3 is 4.42 Å². The standard InChI is InChI=1S/C8H7ClN4O/c9-6-3-1-5(2-4-6)7-12-13-8(11-10)14-7/h1-4H,10H2,(H,11,13). The third-order valence-electron chi connectivity index (χ3n) is 1.64. The number of hydrogen-bond acceptors (Lipinski definition) is 5. The number of nitrogens with one attached hydrogen (secondary N) is 1. The van der Waals surface area contributed by atoms with Crippen molar-refractivity contribution in [1.82, 2.24) is 10.2 Å². The summed E-state index contributed by atoms with van der Waals surface area (Å²) >= 11 is 5.73. The fourth-order valence-corrected chi connectivity index (χ4v) is 1.12. The van der Waals surface area contributed by atoms with Gasteiger partial charge in [-0.05, 0) is 24.3 Å². The summed E-state index contributed by atoms with van der Waals surface area (Å²) in [5.41, 5.74) is 3.06. The molecule has 2 rings (SSSR count). The van der Waals surface area contributed by atoms with E-state index in [0.29, 0.717) is 10.9 Å². The molecule has 0 fully saturated rings. The Labute approximate surface area is 84.9 Å². The normalized spacial score (nSPS) is 10.1. The van der Waals surface area contributed by atoms with Gasteiger partial charge >= 0.3 is 6.01 Å². The van der Waals surface area contributed by atoms with Crippen LogP contribution < -0.4 is 11.3 Å². The molecule has 0 atom stereocenters. The number of hydrazine groups is 1. The first-order valence-electron chi connectivity index (χ1n) is 3.85. The van der Waals surface area contributed by atoms with Gasteiger partial charge in [0.1, 0.15) is 0 Å². The van der Waals surface area contributed by atoms with Gasteiger partial charge in [-0.1, -0.05) is 16.7 Å². The average molecular weight is 211 g/mol. The fraction of sp³-hybridized carbons (Fsp3) is 0. The van der Waals surface area contributed by atoms with Crippen LogP contribution in [-0.2, 0) is 0 Å². The molecule has 0 aliphatic rings. The molecule has 14 heavy (non-hydrogen) atoms. The van der Waals surface area contributed by atoms with E-state index in [1.165, 1.54) is 0 Å². The molecule has 1 heterocycles. The highest BCUT2D eigenvalue weighted by Crippen LogP contribution is 2.20. The molecule has 0 amide bonds. The molecule has 0 aliphatic heterocycles. The molecule has 0 saturated heterocycles. The van der Waals surface area contributed by atoms with Gasteiger partial charge in [-0.2, -0.15) is 0 Å². The first kappa shape index (κ1) is 8.98. The predicted molar refractivity (Wildman–Crippen MR) is 52.6 cm³/mol. The van der Waals surface area contributed by atoms with Crippen LogP contribution >= 0.6 is 11.6 Å². The summed E-state index contributed by atoms with van der Waals surface area (Å²) in [6, 6.07) is 7.24. The smallest absolute Gasteiger partial charge is 0.330 e. The summed E-state index contributed by atoms with van der Waals surface area (Å²) in [5, 5.41) is 8.09. The predicted octanol–water partition coefficient (Wildman–Crippen LogP) is 1.68. The summed E-state index contributed by atoms with van der Waals surface area (Å²) < 4.78 is 5.16. The number of anilines is 1. The summed E-state index contributed by atoms with van der Waals surface area (Å²) in [6.07, 6.45) is 0. The third kappa shape index (κ3) is 1.68. The van der Waals surface area contributed by atoms with E-state index in [9.17, 15) is 0 Å². The molecule has 0 radical (unpaired) electrons. The van der Waals surface area contributed by atoms with Crippen molar-refractivity contribution in [3.8, 4) is 11.5 Å². The summed E-state index contributed by atoms with van der Waals surface area (Å²) in [6.45, 7) is 0. The third-order valence-corrected chi connectivity index (χ3v) is 1.89. The molecular weight excluding hydrogens is 204 g/mol. The van der Waals surface area contributed by atoms with Crippen LogP contribution in [0, 0.1) is 0 Å². The van der Waals surface area contributed by atoms with Crippen LogP contribution in [0.15, 0.2) is 28.7 Å². The Hall–Kier alpha value is -1.59. The lowest BCUT2D eigenvalue weighted by atomic mass is 10.2. The molecule has 1 aromatic heterocycles. The van der Waals surface area contributed by atoms with E-state index in [0.717, 1.165) is 5.56 Å². The zero-order chi connectivity index (χ0) is 9.97. The number of halogens is 1. The van der Waals surface area contributed by atoms with Crippen LogP contribution in [0.2, 0.25) is 5.02 Å². The average Bonchev–Trinajstić information content (AvgIpc) is 2.67. The zero-order valence-corrected chi connectivity index (χ0v) is 7.82. The van der Waals surface area contributed by atoms with Crippen molar-refractivity contribution in [3.63, 3.8) is 0 Å². The van der Waals surface area contributed by atoms with Gasteiger partial charge in [0.05, 0.1) is 0 Å². The lowest BCUT2D eigenvalue weighted by Crippen LogP contribution is -2.06. The van der Waals surface area contributed by atoms with Gasteiger partial charge in [-0.3, -0.25) is 5.43 Å². The van der Waals surface area contributed by atoms with E-state index in [1.807, 2.05) is 0 Å². The van der Waals surface area contributed by atoms with Crippen molar-refractivity contribution in [1.29, 1.82) is 0 Å². The summed E-state index contributed by atoms with van der Waals surface area (Å²) in [7, 11) is 0. The van der Waals surface area contributed by atoms with Gasteiger partial charge in [-0.25, -0.2) is 5.84 Å². The number of nitrogens with two attached hydrogens (primary N) is 1. The van der Waals surface area contributed by atoms with Crippen LogP contribution in [0.4, 0.5) is 6.01 Å². The van der Waals surface area contributed by atoms with E-state index in [1.54, 1.807) is 24.3 Å². The highest BCUT2D eigenvalue weighted by Gasteiger charge is 2.06. The number of aromatic nitrogens is 2. The van der Waals surface area contributed by atoms with Crippen molar-refractivity contribution in [2.75, 3.05) is 5.43 Å². The van der Waals surface area contributed by atoms with Crippen molar-refractivity contribution in [2.45, 2.75) is 0 Å². The Kier molecular flexibility index (Phi) is 2.34. The summed E-state index contributed by atoms with van der Waals surface area (Å²) in [5.74, 6) is 5.50. The highest BCUT2D eigenvalue weighted by atomic mass is 35.5. The van der Waals surface area contributed by atoms with Crippen LogP contribution in [0.1, 0.15) is 0 Å². The second-order valence-corrected chi connectivity index (χ2v) is 3.00. The maximum Gasteiger partial charge on any atom is 0.330 e. The van der Waals surface area contributed by atoms with Gasteiger partial charge in [0.25, 0.3) is 0 Å². The van der Waals surface area contributed by atoms with Crippen molar-refractivity contribution in [3.05, 3.63) is 29.3 Å². The Balaban J connectivity index is 2.34. The Morgan fingerprint density at radius 2 is 1.93 bits per heavy atom. The molecule has 3 N–H and O–H groups in total. The Morgan fingerprint density at radius 1 is 1.21 bits per heavy atom. The van der Waals surface area contributed by atoms with Crippen molar-refractivity contribution >= 4 is 17.6 Å². The minimum atomic E-state index is 0.176. The van der Waals surface area contributed by atoms with E-state index in [2.05, 4.69) is 15.6 Å². The Bertz CT molecular complexity index is 425. The molecule has 5 nitrogen and oxygen atoms in total. The molecule has 72 valence electrons. The van der Waals surface area contributed by atoms with Crippen LogP contribution in [0.5, 0.6) is 0 Å². The van der Waals surface area contributed by atoms with Gasteiger partial charge in [0, 0.05) is 10.6 Å². The molecule has 2 aromatic rings. The molecule has 0 aliphatic carbocycles. The minimum absolute atomic E-state index is 0.176. The maximum atomic E-state index is 5.73. The van der Waals surface area contributed by atoms with Crippen LogP contribution in [0.25, 0.3) is 11.5 Å². The number of rotatable bonds is 2. The molecule has 0 saturated carbocycles.